The Bertz CT molecular complexity index is 1070. The molecular weight excluding hydrogens is 388 g/mol. The zero-order valence-corrected chi connectivity index (χ0v) is 17.1. The van der Waals surface area contributed by atoms with Crippen LogP contribution >= 0.6 is 11.8 Å². The molecule has 1 amide bonds. The minimum atomic E-state index is -0.495. The highest BCUT2D eigenvalue weighted by Crippen LogP contribution is 2.30. The summed E-state index contributed by atoms with van der Waals surface area (Å²) in [6.07, 6.45) is 0. The van der Waals surface area contributed by atoms with Gasteiger partial charge in [0, 0.05) is 17.3 Å². The Morgan fingerprint density at radius 2 is 1.83 bits per heavy atom. The van der Waals surface area contributed by atoms with E-state index in [1.165, 1.54) is 17.8 Å². The van der Waals surface area contributed by atoms with Crippen LogP contribution in [0.2, 0.25) is 0 Å². The molecule has 0 radical (unpaired) electrons. The van der Waals surface area contributed by atoms with Crippen LogP contribution in [-0.2, 0) is 4.79 Å². The van der Waals surface area contributed by atoms with E-state index in [2.05, 4.69) is 15.3 Å². The van der Waals surface area contributed by atoms with Crippen LogP contribution in [0.15, 0.2) is 53.7 Å². The second kappa shape index (κ2) is 8.83. The third kappa shape index (κ3) is 4.97. The van der Waals surface area contributed by atoms with Gasteiger partial charge in [-0.05, 0) is 38.0 Å². The predicted octanol–water partition coefficient (Wildman–Crippen LogP) is 4.71. The highest BCUT2D eigenvalue weighted by Gasteiger charge is 2.19. The van der Waals surface area contributed by atoms with Crippen LogP contribution in [0.4, 0.5) is 11.4 Å². The number of hydrogen-bond acceptors (Lipinski definition) is 6. The maximum absolute atomic E-state index is 12.5. The monoisotopic (exact) mass is 408 g/mol. The highest BCUT2D eigenvalue weighted by atomic mass is 32.2. The van der Waals surface area contributed by atoms with E-state index >= 15 is 0 Å². The van der Waals surface area contributed by atoms with Crippen LogP contribution in [0, 0.1) is 30.9 Å². The molecule has 3 rings (SSSR count). The van der Waals surface area contributed by atoms with E-state index in [4.69, 9.17) is 0 Å². The van der Waals surface area contributed by atoms with Gasteiger partial charge in [0.1, 0.15) is 5.69 Å². The lowest BCUT2D eigenvalue weighted by Crippen LogP contribution is -2.16. The van der Waals surface area contributed by atoms with Crippen molar-refractivity contribution >= 4 is 29.0 Å². The van der Waals surface area contributed by atoms with Gasteiger partial charge >= 0.3 is 0 Å². The van der Waals surface area contributed by atoms with Gasteiger partial charge in [-0.15, -0.1) is 0 Å². The van der Waals surface area contributed by atoms with E-state index in [1.54, 1.807) is 13.0 Å². The molecular formula is C21H20N4O3S. The van der Waals surface area contributed by atoms with Crippen LogP contribution in [0.25, 0.3) is 11.3 Å². The second-order valence-electron chi connectivity index (χ2n) is 6.54. The molecule has 0 fully saturated rings. The summed E-state index contributed by atoms with van der Waals surface area (Å²) < 4.78 is 0. The zero-order valence-electron chi connectivity index (χ0n) is 16.3. The van der Waals surface area contributed by atoms with Gasteiger partial charge < -0.3 is 5.32 Å². The Morgan fingerprint density at radius 1 is 1.10 bits per heavy atom. The van der Waals surface area contributed by atoms with Crippen LogP contribution in [-0.4, -0.2) is 26.6 Å². The van der Waals surface area contributed by atoms with Crippen molar-refractivity contribution in [2.24, 2.45) is 0 Å². The average molecular weight is 408 g/mol. The molecule has 0 bridgehead atoms. The van der Waals surface area contributed by atoms with E-state index < -0.39 is 4.92 Å². The van der Waals surface area contributed by atoms with Crippen LogP contribution < -0.4 is 5.32 Å². The molecule has 1 heterocycles. The summed E-state index contributed by atoms with van der Waals surface area (Å²) >= 11 is 1.19. The summed E-state index contributed by atoms with van der Waals surface area (Å²) in [5.41, 5.74) is 4.21. The van der Waals surface area contributed by atoms with Gasteiger partial charge in [0.2, 0.25) is 5.91 Å². The smallest absolute Gasteiger partial charge is 0.293 e. The quantitative estimate of drug-likeness (QED) is 0.275. The van der Waals surface area contributed by atoms with Gasteiger partial charge in [-0.2, -0.15) is 0 Å². The molecule has 0 aliphatic heterocycles. The molecule has 1 aromatic heterocycles. The molecule has 3 aromatic rings. The van der Waals surface area contributed by atoms with Crippen molar-refractivity contribution in [2.75, 3.05) is 11.1 Å². The molecule has 2 aromatic carbocycles. The van der Waals surface area contributed by atoms with E-state index in [1.807, 2.05) is 50.2 Å². The summed E-state index contributed by atoms with van der Waals surface area (Å²) in [5, 5.41) is 14.4. The van der Waals surface area contributed by atoms with Crippen LogP contribution in [0.1, 0.15) is 16.8 Å². The zero-order chi connectivity index (χ0) is 21.0. The van der Waals surface area contributed by atoms with E-state index in [9.17, 15) is 14.9 Å². The molecule has 0 saturated carbocycles. The Kier molecular flexibility index (Phi) is 6.23. The van der Waals surface area contributed by atoms with Crippen molar-refractivity contribution in [3.05, 3.63) is 75.5 Å². The van der Waals surface area contributed by atoms with Crippen LogP contribution in [0.3, 0.4) is 0 Å². The van der Waals surface area contributed by atoms with Crippen LogP contribution in [0.5, 0.6) is 0 Å². The molecule has 1 N–H and O–H groups in total. The fourth-order valence-electron chi connectivity index (χ4n) is 2.78. The standard InChI is InChI=1S/C21H20N4O3S/c1-13-9-10-18(25(27)28)20(15(13)3)24-19(26)12-29-21-22-14(2)11-17(23-21)16-7-5-4-6-8-16/h4-11H,12H2,1-3H3,(H,24,26). The number of carbonyl (C=O) groups excluding carboxylic acids is 1. The molecule has 0 saturated heterocycles. The number of nitro benzene ring substituents is 1. The first-order valence-electron chi connectivity index (χ1n) is 8.93. The lowest BCUT2D eigenvalue weighted by atomic mass is 10.1. The first kappa shape index (κ1) is 20.5. The Hall–Kier alpha value is -3.26. The SMILES string of the molecule is Cc1cc(-c2ccccc2)nc(SCC(=O)Nc2c([N+](=O)[O-])ccc(C)c2C)n1. The van der Waals surface area contributed by atoms with Gasteiger partial charge in [-0.1, -0.05) is 48.2 Å². The van der Waals surface area contributed by atoms with Crippen molar-refractivity contribution in [1.29, 1.82) is 0 Å². The molecule has 148 valence electrons. The number of aromatic nitrogens is 2. The Morgan fingerprint density at radius 3 is 2.52 bits per heavy atom. The van der Waals surface area contributed by atoms with Gasteiger partial charge in [-0.3, -0.25) is 14.9 Å². The number of aryl methyl sites for hydroxylation is 2. The topological polar surface area (TPSA) is 98.0 Å². The normalized spacial score (nSPS) is 10.6. The maximum Gasteiger partial charge on any atom is 0.293 e. The van der Waals surface area contributed by atoms with Crippen molar-refractivity contribution in [3.63, 3.8) is 0 Å². The molecule has 7 nitrogen and oxygen atoms in total. The fourth-order valence-corrected chi connectivity index (χ4v) is 3.48. The minimum Gasteiger partial charge on any atom is -0.319 e. The molecule has 0 unspecified atom stereocenters. The number of carbonyl (C=O) groups is 1. The number of nitrogens with zero attached hydrogens (tertiary/aromatic N) is 3. The molecule has 29 heavy (non-hydrogen) atoms. The number of hydrogen-bond donors (Lipinski definition) is 1. The number of rotatable bonds is 6. The number of thioether (sulfide) groups is 1. The largest absolute Gasteiger partial charge is 0.319 e. The number of benzene rings is 2. The number of nitro groups is 1. The van der Waals surface area contributed by atoms with Crippen molar-refractivity contribution in [3.8, 4) is 11.3 Å². The summed E-state index contributed by atoms with van der Waals surface area (Å²) in [6.45, 7) is 5.47. The molecule has 0 aliphatic carbocycles. The average Bonchev–Trinajstić information content (AvgIpc) is 2.70. The molecule has 0 aliphatic rings. The minimum absolute atomic E-state index is 0.0439. The number of nitrogens with one attached hydrogen (secondary N) is 1. The lowest BCUT2D eigenvalue weighted by molar-refractivity contribution is -0.384. The van der Waals surface area contributed by atoms with Crippen molar-refractivity contribution in [2.45, 2.75) is 25.9 Å². The van der Waals surface area contributed by atoms with E-state index in [0.717, 1.165) is 22.5 Å². The van der Waals surface area contributed by atoms with E-state index in [0.29, 0.717) is 10.7 Å². The van der Waals surface area contributed by atoms with Gasteiger partial charge in [-0.25, -0.2) is 9.97 Å². The maximum atomic E-state index is 12.5. The summed E-state index contributed by atoms with van der Waals surface area (Å²) in [4.78, 5) is 32.1. The second-order valence-corrected chi connectivity index (χ2v) is 7.48. The third-order valence-corrected chi connectivity index (χ3v) is 5.26. The predicted molar refractivity (Wildman–Crippen MR) is 114 cm³/mol. The highest BCUT2D eigenvalue weighted by molar-refractivity contribution is 7.99. The molecule has 8 heteroatoms. The summed E-state index contributed by atoms with van der Waals surface area (Å²) in [7, 11) is 0. The van der Waals surface area contributed by atoms with E-state index in [-0.39, 0.29) is 23.0 Å². The fraction of sp³-hybridized carbons (Fsp3) is 0.190. The summed E-state index contributed by atoms with van der Waals surface area (Å²) in [6, 6.07) is 14.7. The number of amides is 1. The van der Waals surface area contributed by atoms with Crippen molar-refractivity contribution in [1.82, 2.24) is 9.97 Å². The van der Waals surface area contributed by atoms with Gasteiger partial charge in [0.15, 0.2) is 5.16 Å². The van der Waals surface area contributed by atoms with Gasteiger partial charge in [0.25, 0.3) is 5.69 Å². The lowest BCUT2D eigenvalue weighted by Gasteiger charge is -2.11. The third-order valence-electron chi connectivity index (χ3n) is 4.41. The first-order valence-corrected chi connectivity index (χ1v) is 9.92. The first-order chi connectivity index (χ1) is 13.8. The Balaban J connectivity index is 1.75. The Labute approximate surface area is 172 Å². The summed E-state index contributed by atoms with van der Waals surface area (Å²) in [5.74, 6) is -0.305. The van der Waals surface area contributed by atoms with Gasteiger partial charge in [0.05, 0.1) is 16.4 Å². The number of anilines is 1. The molecule has 0 atom stereocenters. The molecule has 0 spiro atoms. The van der Waals surface area contributed by atoms with Crippen molar-refractivity contribution < 1.29 is 9.72 Å².